The van der Waals surface area contributed by atoms with Gasteiger partial charge in [-0.05, 0) is 56.6 Å². The number of aryl methyl sites for hydroxylation is 1. The Balaban J connectivity index is 2.17. The van der Waals surface area contributed by atoms with Crippen LogP contribution in [0.25, 0.3) is 16.5 Å². The fourth-order valence-corrected chi connectivity index (χ4v) is 2.53. The lowest BCUT2D eigenvalue weighted by molar-refractivity contribution is 0.575. The highest BCUT2D eigenvalue weighted by Gasteiger charge is 2.13. The first kappa shape index (κ1) is 11.5. The topological polar surface area (TPSA) is 25.2 Å². The van der Waals surface area contributed by atoms with Crippen LogP contribution in [0.4, 0.5) is 4.39 Å². The van der Waals surface area contributed by atoms with E-state index in [1.54, 1.807) is 6.07 Å². The maximum atomic E-state index is 13.7. The molecule has 0 aliphatic carbocycles. The monoisotopic (exact) mass is 245 g/mol. The molecule has 3 rings (SSSR count). The lowest BCUT2D eigenvalue weighted by Gasteiger charge is -2.07. The van der Waals surface area contributed by atoms with Crippen LogP contribution in [0.2, 0.25) is 0 Å². The highest BCUT2D eigenvalue weighted by molar-refractivity contribution is 5.90. The lowest BCUT2D eigenvalue weighted by atomic mass is 10.00. The van der Waals surface area contributed by atoms with E-state index in [1.165, 1.54) is 11.6 Å². The number of rotatable bonds is 1. The summed E-state index contributed by atoms with van der Waals surface area (Å²) >= 11 is 0. The van der Waals surface area contributed by atoms with Crippen molar-refractivity contribution in [2.24, 2.45) is 0 Å². The Morgan fingerprint density at radius 3 is 3.00 bits per heavy atom. The lowest BCUT2D eigenvalue weighted by Crippen LogP contribution is -2.13. The van der Waals surface area contributed by atoms with Crippen molar-refractivity contribution in [1.29, 1.82) is 0 Å². The average Bonchev–Trinajstić information content (AvgIpc) is 2.56. The minimum Gasteiger partial charge on any atom is -0.461 e. The number of hydrogen-bond acceptors (Lipinski definition) is 2. The fraction of sp³-hybridized carbons (Fsp3) is 0.333. The second-order valence-corrected chi connectivity index (χ2v) is 4.75. The molecule has 1 aromatic carbocycles. The van der Waals surface area contributed by atoms with E-state index in [0.29, 0.717) is 0 Å². The van der Waals surface area contributed by atoms with Crippen molar-refractivity contribution in [2.45, 2.75) is 19.8 Å². The summed E-state index contributed by atoms with van der Waals surface area (Å²) in [5.74, 6) is 0.626. The van der Waals surface area contributed by atoms with Crippen LogP contribution in [0.15, 0.2) is 28.7 Å². The molecule has 2 aromatic rings. The Bertz CT molecular complexity index is 612. The van der Waals surface area contributed by atoms with Gasteiger partial charge in [-0.25, -0.2) is 4.39 Å². The largest absolute Gasteiger partial charge is 0.461 e. The predicted octanol–water partition coefficient (Wildman–Crippen LogP) is 3.65. The molecule has 1 aliphatic rings. The molecule has 0 saturated heterocycles. The highest BCUT2D eigenvalue weighted by atomic mass is 19.1. The molecule has 0 atom stereocenters. The quantitative estimate of drug-likeness (QED) is 0.829. The SMILES string of the molecule is Cc1cc2cc(F)cc(C3=CCCNCC3)c2o1. The van der Waals surface area contributed by atoms with E-state index in [2.05, 4.69) is 11.4 Å². The number of fused-ring (bicyclic) bond motifs is 1. The van der Waals surface area contributed by atoms with Crippen LogP contribution in [-0.2, 0) is 0 Å². The molecule has 2 nitrogen and oxygen atoms in total. The Morgan fingerprint density at radius 2 is 2.11 bits per heavy atom. The number of furan rings is 1. The molecule has 0 unspecified atom stereocenters. The molecule has 18 heavy (non-hydrogen) atoms. The van der Waals surface area contributed by atoms with Gasteiger partial charge in [0.1, 0.15) is 17.2 Å². The third kappa shape index (κ3) is 2.06. The first-order chi connectivity index (χ1) is 8.74. The second kappa shape index (κ2) is 4.58. The molecule has 0 bridgehead atoms. The standard InChI is InChI=1S/C15H16FNO/c1-10-7-12-8-13(16)9-14(15(12)18-10)11-3-2-5-17-6-4-11/h3,7-9,17H,2,4-6H2,1H3. The van der Waals surface area contributed by atoms with Gasteiger partial charge in [0, 0.05) is 10.9 Å². The van der Waals surface area contributed by atoms with Crippen LogP contribution in [0.1, 0.15) is 24.2 Å². The van der Waals surface area contributed by atoms with Gasteiger partial charge < -0.3 is 9.73 Å². The van der Waals surface area contributed by atoms with Gasteiger partial charge in [-0.3, -0.25) is 0 Å². The molecule has 3 heteroatoms. The van der Waals surface area contributed by atoms with Gasteiger partial charge in [-0.15, -0.1) is 0 Å². The molecule has 94 valence electrons. The molecule has 1 aromatic heterocycles. The zero-order valence-corrected chi connectivity index (χ0v) is 10.4. The Morgan fingerprint density at radius 1 is 1.22 bits per heavy atom. The van der Waals surface area contributed by atoms with E-state index in [4.69, 9.17) is 4.42 Å². The predicted molar refractivity (Wildman–Crippen MR) is 71.0 cm³/mol. The summed E-state index contributed by atoms with van der Waals surface area (Å²) in [5, 5.41) is 4.19. The van der Waals surface area contributed by atoms with Crippen molar-refractivity contribution in [3.8, 4) is 0 Å². The summed E-state index contributed by atoms with van der Waals surface area (Å²) in [6, 6.07) is 5.00. The number of halogens is 1. The number of hydrogen-bond donors (Lipinski definition) is 1. The molecule has 0 saturated carbocycles. The Kier molecular flexibility index (Phi) is 2.92. The normalized spacial score (nSPS) is 16.7. The molecule has 1 aliphatic heterocycles. The van der Waals surface area contributed by atoms with E-state index in [9.17, 15) is 4.39 Å². The van der Waals surface area contributed by atoms with Crippen molar-refractivity contribution in [1.82, 2.24) is 5.32 Å². The van der Waals surface area contributed by atoms with Gasteiger partial charge >= 0.3 is 0 Å². The Hall–Kier alpha value is -1.61. The summed E-state index contributed by atoms with van der Waals surface area (Å²) in [4.78, 5) is 0. The van der Waals surface area contributed by atoms with Crippen LogP contribution in [-0.4, -0.2) is 13.1 Å². The van der Waals surface area contributed by atoms with Crippen LogP contribution in [0, 0.1) is 12.7 Å². The number of benzene rings is 1. The van der Waals surface area contributed by atoms with Gasteiger partial charge in [0.25, 0.3) is 0 Å². The maximum Gasteiger partial charge on any atom is 0.141 e. The minimum atomic E-state index is -0.198. The second-order valence-electron chi connectivity index (χ2n) is 4.75. The van der Waals surface area contributed by atoms with E-state index >= 15 is 0 Å². The Labute approximate surface area is 105 Å². The molecular formula is C15H16FNO. The van der Waals surface area contributed by atoms with Crippen LogP contribution < -0.4 is 5.32 Å². The molecule has 0 fully saturated rings. The molecule has 0 spiro atoms. The van der Waals surface area contributed by atoms with Crippen LogP contribution in [0.3, 0.4) is 0 Å². The van der Waals surface area contributed by atoms with Gasteiger partial charge in [0.05, 0.1) is 0 Å². The van der Waals surface area contributed by atoms with E-state index in [0.717, 1.165) is 48.2 Å². The van der Waals surface area contributed by atoms with Gasteiger partial charge in [0.2, 0.25) is 0 Å². The first-order valence-electron chi connectivity index (χ1n) is 6.34. The van der Waals surface area contributed by atoms with Gasteiger partial charge in [0.15, 0.2) is 0 Å². The van der Waals surface area contributed by atoms with Crippen molar-refractivity contribution >= 4 is 16.5 Å². The summed E-state index contributed by atoms with van der Waals surface area (Å²) < 4.78 is 19.4. The number of nitrogens with one attached hydrogen (secondary N) is 1. The third-order valence-electron chi connectivity index (χ3n) is 3.33. The summed E-state index contributed by atoms with van der Waals surface area (Å²) in [5.41, 5.74) is 2.89. The van der Waals surface area contributed by atoms with Crippen LogP contribution >= 0.6 is 0 Å². The summed E-state index contributed by atoms with van der Waals surface area (Å²) in [7, 11) is 0. The molecule has 2 heterocycles. The van der Waals surface area contributed by atoms with Gasteiger partial charge in [-0.1, -0.05) is 6.08 Å². The van der Waals surface area contributed by atoms with E-state index in [-0.39, 0.29) is 5.82 Å². The smallest absolute Gasteiger partial charge is 0.141 e. The molecule has 0 amide bonds. The fourth-order valence-electron chi connectivity index (χ4n) is 2.53. The highest BCUT2D eigenvalue weighted by Crippen LogP contribution is 2.31. The van der Waals surface area contributed by atoms with Crippen molar-refractivity contribution in [2.75, 3.05) is 13.1 Å². The molecular weight excluding hydrogens is 229 g/mol. The average molecular weight is 245 g/mol. The zero-order valence-electron chi connectivity index (χ0n) is 10.4. The molecule has 1 N–H and O–H groups in total. The van der Waals surface area contributed by atoms with Crippen molar-refractivity contribution < 1.29 is 8.81 Å². The summed E-state index contributed by atoms with van der Waals surface area (Å²) in [6.45, 7) is 3.81. The zero-order chi connectivity index (χ0) is 12.5. The molecule has 0 radical (unpaired) electrons. The summed E-state index contributed by atoms with van der Waals surface area (Å²) in [6.07, 6.45) is 4.08. The van der Waals surface area contributed by atoms with Crippen molar-refractivity contribution in [3.63, 3.8) is 0 Å². The van der Waals surface area contributed by atoms with Crippen LogP contribution in [0.5, 0.6) is 0 Å². The van der Waals surface area contributed by atoms with Crippen molar-refractivity contribution in [3.05, 3.63) is 41.4 Å². The van der Waals surface area contributed by atoms with E-state index in [1.807, 2.05) is 13.0 Å². The third-order valence-corrected chi connectivity index (χ3v) is 3.33. The van der Waals surface area contributed by atoms with E-state index < -0.39 is 0 Å². The van der Waals surface area contributed by atoms with Gasteiger partial charge in [-0.2, -0.15) is 0 Å². The maximum absolute atomic E-state index is 13.7. The first-order valence-corrected chi connectivity index (χ1v) is 6.34. The minimum absolute atomic E-state index is 0.198.